The van der Waals surface area contributed by atoms with Gasteiger partial charge in [-0.05, 0) is 56.4 Å². The molecule has 0 amide bonds. The first-order valence-corrected chi connectivity index (χ1v) is 10.3. The fourth-order valence-corrected chi connectivity index (χ4v) is 2.79. The molecule has 30 heavy (non-hydrogen) atoms. The summed E-state index contributed by atoms with van der Waals surface area (Å²) in [4.78, 5) is 8.70. The quantitative estimate of drug-likeness (QED) is 0.282. The molecule has 5 nitrogen and oxygen atoms in total. The van der Waals surface area contributed by atoms with Crippen LogP contribution in [0.3, 0.4) is 0 Å². The van der Waals surface area contributed by atoms with Crippen LogP contribution in [0.15, 0.2) is 94.0 Å². The molecule has 0 atom stereocenters. The van der Waals surface area contributed by atoms with Gasteiger partial charge in [-0.1, -0.05) is 57.9 Å². The smallest absolute Gasteiger partial charge is 0.145 e. The Morgan fingerprint density at radius 1 is 1.20 bits per heavy atom. The van der Waals surface area contributed by atoms with Crippen LogP contribution in [0.4, 0.5) is 0 Å². The van der Waals surface area contributed by atoms with Crippen LogP contribution in [0.2, 0.25) is 0 Å². The molecule has 0 radical (unpaired) electrons. The third-order valence-corrected chi connectivity index (χ3v) is 4.96. The largest absolute Gasteiger partial charge is 0.380 e. The van der Waals surface area contributed by atoms with Crippen molar-refractivity contribution >= 4 is 11.5 Å². The summed E-state index contributed by atoms with van der Waals surface area (Å²) >= 11 is 0. The molecular weight excluding hydrogens is 370 g/mol. The molecule has 1 heterocycles. The third-order valence-electron chi connectivity index (χ3n) is 4.96. The molecule has 0 fully saturated rings. The molecule has 162 valence electrons. The first kappa shape index (κ1) is 25.0. The van der Waals surface area contributed by atoms with Gasteiger partial charge in [-0.3, -0.25) is 10.4 Å². The van der Waals surface area contributed by atoms with Gasteiger partial charge in [0.2, 0.25) is 0 Å². The Bertz CT molecular complexity index is 862. The molecule has 2 N–H and O–H groups in total. The number of allylic oxidation sites excluding steroid dienone is 5. The zero-order valence-corrected chi connectivity index (χ0v) is 19.5. The maximum atomic E-state index is 4.53. The number of hydrogen-bond donors (Lipinski definition) is 2. The lowest BCUT2D eigenvalue weighted by molar-refractivity contribution is 0.377. The van der Waals surface area contributed by atoms with Crippen molar-refractivity contribution in [2.75, 3.05) is 13.6 Å². The summed E-state index contributed by atoms with van der Waals surface area (Å²) in [5.41, 5.74) is 10.3. The lowest BCUT2D eigenvalue weighted by Gasteiger charge is -2.32. The van der Waals surface area contributed by atoms with E-state index < -0.39 is 0 Å². The Labute approximate surface area is 182 Å². The molecule has 1 rings (SSSR count). The van der Waals surface area contributed by atoms with Gasteiger partial charge in [0.1, 0.15) is 11.7 Å². The molecule has 0 aromatic heterocycles. The van der Waals surface area contributed by atoms with Crippen molar-refractivity contribution in [3.63, 3.8) is 0 Å². The standard InChI is InChI=1S/C25H37N5/c1-11-18(6)23(13-3)14-22(12-2)16-27-19(7)25-15-24(17(4)5)28-21(9)30(25)29-20(8)26-10/h12,14-15,27H,2,4,7,9,11,13,16H2,1,3,5-6,8,10H3,(H,26,29)/b22-14+,23-18-. The van der Waals surface area contributed by atoms with E-state index in [4.69, 9.17) is 0 Å². The SMILES string of the molecule is C=C/C(=C\C(CC)=C(\C)CC)CNC(=C)C1=CC(C(=C)C)=NC(=C)N1NC(C)=NC. The second-order valence-electron chi connectivity index (χ2n) is 7.25. The van der Waals surface area contributed by atoms with Gasteiger partial charge in [0.25, 0.3) is 0 Å². The van der Waals surface area contributed by atoms with Crippen LogP contribution in [-0.2, 0) is 0 Å². The average Bonchev–Trinajstić information content (AvgIpc) is 2.73. The van der Waals surface area contributed by atoms with Crippen LogP contribution < -0.4 is 10.7 Å². The summed E-state index contributed by atoms with van der Waals surface area (Å²) in [6.07, 6.45) is 8.08. The van der Waals surface area contributed by atoms with E-state index in [0.29, 0.717) is 12.4 Å². The molecule has 0 bridgehead atoms. The van der Waals surface area contributed by atoms with Gasteiger partial charge in [-0.25, -0.2) is 10.0 Å². The highest BCUT2D eigenvalue weighted by atomic mass is 15.6. The minimum atomic E-state index is 0.547. The monoisotopic (exact) mass is 407 g/mol. The topological polar surface area (TPSA) is 52.0 Å². The van der Waals surface area contributed by atoms with E-state index in [1.54, 1.807) is 12.1 Å². The Kier molecular flexibility index (Phi) is 9.82. The van der Waals surface area contributed by atoms with E-state index in [1.165, 1.54) is 11.1 Å². The van der Waals surface area contributed by atoms with Gasteiger partial charge >= 0.3 is 0 Å². The molecule has 0 aromatic rings. The van der Waals surface area contributed by atoms with Crippen LogP contribution in [0, 0.1) is 0 Å². The average molecular weight is 408 g/mol. The van der Waals surface area contributed by atoms with Crippen LogP contribution in [0.25, 0.3) is 0 Å². The molecule has 0 spiro atoms. The Morgan fingerprint density at radius 3 is 2.37 bits per heavy atom. The molecule has 0 saturated carbocycles. The van der Waals surface area contributed by atoms with Crippen molar-refractivity contribution in [1.29, 1.82) is 0 Å². The third kappa shape index (κ3) is 6.76. The minimum Gasteiger partial charge on any atom is -0.380 e. The van der Waals surface area contributed by atoms with Crippen molar-refractivity contribution < 1.29 is 0 Å². The summed E-state index contributed by atoms with van der Waals surface area (Å²) in [7, 11) is 1.73. The molecule has 1 aliphatic rings. The van der Waals surface area contributed by atoms with Gasteiger partial charge in [0.05, 0.1) is 17.1 Å². The molecule has 0 saturated heterocycles. The number of rotatable bonds is 10. The zero-order chi connectivity index (χ0) is 22.8. The fraction of sp³-hybridized carbons (Fsp3) is 0.360. The maximum absolute atomic E-state index is 4.53. The van der Waals surface area contributed by atoms with Gasteiger partial charge in [0, 0.05) is 13.6 Å². The number of nitrogens with one attached hydrogen (secondary N) is 2. The highest BCUT2D eigenvalue weighted by molar-refractivity contribution is 6.09. The van der Waals surface area contributed by atoms with Crippen molar-refractivity contribution in [3.8, 4) is 0 Å². The predicted octanol–water partition coefficient (Wildman–Crippen LogP) is 5.58. The number of hydrogen-bond acceptors (Lipinski definition) is 4. The normalized spacial score (nSPS) is 15.8. The van der Waals surface area contributed by atoms with E-state index in [-0.39, 0.29) is 0 Å². The highest BCUT2D eigenvalue weighted by Gasteiger charge is 2.22. The summed E-state index contributed by atoms with van der Waals surface area (Å²) in [6.45, 7) is 27.3. The van der Waals surface area contributed by atoms with E-state index in [0.717, 1.165) is 46.9 Å². The Balaban J connectivity index is 3.14. The number of amidine groups is 1. The van der Waals surface area contributed by atoms with E-state index >= 15 is 0 Å². The summed E-state index contributed by atoms with van der Waals surface area (Å²) in [5, 5.41) is 5.20. The second kappa shape index (κ2) is 11.8. The van der Waals surface area contributed by atoms with E-state index in [2.05, 4.69) is 73.9 Å². The first-order chi connectivity index (χ1) is 14.2. The number of nitrogens with zero attached hydrogens (tertiary/aromatic N) is 3. The Hall–Kier alpha value is -3.08. The summed E-state index contributed by atoms with van der Waals surface area (Å²) < 4.78 is 0. The number of hydrazine groups is 1. The van der Waals surface area contributed by atoms with Gasteiger partial charge in [0.15, 0.2) is 0 Å². The lowest BCUT2D eigenvalue weighted by atomic mass is 10.0. The van der Waals surface area contributed by atoms with Gasteiger partial charge in [-0.2, -0.15) is 0 Å². The minimum absolute atomic E-state index is 0.547. The molecule has 0 aliphatic carbocycles. The number of aliphatic imine (C=N–C) groups is 2. The summed E-state index contributed by atoms with van der Waals surface area (Å²) in [5.74, 6) is 1.29. The van der Waals surface area contributed by atoms with Crippen molar-refractivity contribution in [3.05, 3.63) is 84.1 Å². The zero-order valence-electron chi connectivity index (χ0n) is 19.5. The van der Waals surface area contributed by atoms with Crippen LogP contribution >= 0.6 is 0 Å². The van der Waals surface area contributed by atoms with Crippen LogP contribution in [0.1, 0.15) is 47.5 Å². The Morgan fingerprint density at radius 2 is 1.87 bits per heavy atom. The van der Waals surface area contributed by atoms with Gasteiger partial charge in [-0.15, -0.1) is 0 Å². The predicted molar refractivity (Wildman–Crippen MR) is 132 cm³/mol. The maximum Gasteiger partial charge on any atom is 0.145 e. The summed E-state index contributed by atoms with van der Waals surface area (Å²) in [6, 6.07) is 0. The first-order valence-electron chi connectivity index (χ1n) is 10.3. The fourth-order valence-electron chi connectivity index (χ4n) is 2.79. The van der Waals surface area contributed by atoms with E-state index in [9.17, 15) is 0 Å². The molecule has 5 heteroatoms. The van der Waals surface area contributed by atoms with E-state index in [1.807, 2.05) is 26.0 Å². The lowest BCUT2D eigenvalue weighted by Crippen LogP contribution is -2.43. The van der Waals surface area contributed by atoms with Crippen molar-refractivity contribution in [2.24, 2.45) is 9.98 Å². The molecule has 1 aliphatic heterocycles. The molecular formula is C25H37N5. The highest BCUT2D eigenvalue weighted by Crippen LogP contribution is 2.23. The van der Waals surface area contributed by atoms with Crippen LogP contribution in [-0.4, -0.2) is 30.1 Å². The van der Waals surface area contributed by atoms with Crippen molar-refractivity contribution in [2.45, 2.75) is 47.5 Å². The molecule has 0 unspecified atom stereocenters. The van der Waals surface area contributed by atoms with Crippen molar-refractivity contribution in [1.82, 2.24) is 15.8 Å². The molecule has 0 aromatic carbocycles. The second-order valence-corrected chi connectivity index (χ2v) is 7.25. The van der Waals surface area contributed by atoms with Crippen LogP contribution in [0.5, 0.6) is 0 Å². The van der Waals surface area contributed by atoms with Gasteiger partial charge < -0.3 is 5.32 Å².